The Morgan fingerprint density at radius 1 is 1.04 bits per heavy atom. The van der Waals surface area contributed by atoms with Crippen LogP contribution in [0, 0.1) is 11.7 Å². The number of piperidine rings is 1. The van der Waals surface area contributed by atoms with Gasteiger partial charge in [-0.1, -0.05) is 0 Å². The molecule has 1 saturated heterocycles. The van der Waals surface area contributed by atoms with Gasteiger partial charge in [0.25, 0.3) is 5.91 Å². The number of rotatable bonds is 7. The third-order valence-corrected chi connectivity index (χ3v) is 5.14. The number of Topliss-reactive ketones (excluding diaryl/α,β-unsaturated/α-hetero) is 1. The lowest BCUT2D eigenvalue weighted by atomic mass is 9.96. The van der Waals surface area contributed by atoms with Crippen molar-refractivity contribution in [2.24, 2.45) is 5.92 Å². The largest absolute Gasteiger partial charge is 0.497 e. The highest BCUT2D eigenvalue weighted by Gasteiger charge is 2.22. The Kier molecular flexibility index (Phi) is 6.76. The molecule has 0 unspecified atom stereocenters. The number of carbonyl (C=O) groups is 2. The average molecular weight is 384 g/mol. The van der Waals surface area contributed by atoms with Crippen molar-refractivity contribution in [3.63, 3.8) is 0 Å². The molecule has 2 aromatic rings. The van der Waals surface area contributed by atoms with Crippen molar-refractivity contribution in [2.45, 2.75) is 12.8 Å². The molecule has 1 heterocycles. The van der Waals surface area contributed by atoms with Crippen LogP contribution in [0.25, 0.3) is 0 Å². The van der Waals surface area contributed by atoms with Crippen LogP contribution in [0.4, 0.5) is 4.39 Å². The Morgan fingerprint density at radius 3 is 2.25 bits per heavy atom. The Labute approximate surface area is 164 Å². The first-order chi connectivity index (χ1) is 13.5. The number of nitrogens with zero attached hydrogens (tertiary/aromatic N) is 1. The smallest absolute Gasteiger partial charge is 0.251 e. The minimum Gasteiger partial charge on any atom is -0.497 e. The third-order valence-electron chi connectivity index (χ3n) is 5.14. The standard InChI is InChI=1S/C22H25FN2O3/c1-28-20-8-4-18(5-9-20)22(27)24-14-16-10-12-25(13-11-16)15-21(26)17-2-6-19(23)7-3-17/h2-9,16H,10-15H2,1H3,(H,24,27). The maximum Gasteiger partial charge on any atom is 0.251 e. The van der Waals surface area contributed by atoms with E-state index in [1.165, 1.54) is 24.3 Å². The molecule has 0 radical (unpaired) electrons. The lowest BCUT2D eigenvalue weighted by Crippen LogP contribution is -2.40. The molecule has 0 aliphatic carbocycles. The van der Waals surface area contributed by atoms with Crippen molar-refractivity contribution in [3.05, 3.63) is 65.5 Å². The van der Waals surface area contributed by atoms with Crippen LogP contribution in [-0.4, -0.2) is 49.9 Å². The van der Waals surface area contributed by atoms with Crippen molar-refractivity contribution in [1.29, 1.82) is 0 Å². The molecule has 28 heavy (non-hydrogen) atoms. The fourth-order valence-electron chi connectivity index (χ4n) is 3.36. The predicted octanol–water partition coefficient (Wildman–Crippen LogP) is 3.16. The first-order valence-corrected chi connectivity index (χ1v) is 9.48. The monoisotopic (exact) mass is 384 g/mol. The maximum absolute atomic E-state index is 13.0. The number of benzene rings is 2. The first kappa shape index (κ1) is 20.0. The number of likely N-dealkylation sites (tertiary alicyclic amines) is 1. The molecule has 0 aromatic heterocycles. The molecule has 0 saturated carbocycles. The van der Waals surface area contributed by atoms with Crippen LogP contribution >= 0.6 is 0 Å². The molecule has 1 fully saturated rings. The topological polar surface area (TPSA) is 58.6 Å². The molecule has 0 bridgehead atoms. The van der Waals surface area contributed by atoms with Crippen molar-refractivity contribution < 1.29 is 18.7 Å². The van der Waals surface area contributed by atoms with E-state index in [9.17, 15) is 14.0 Å². The van der Waals surface area contributed by atoms with E-state index in [-0.39, 0.29) is 17.5 Å². The van der Waals surface area contributed by atoms with Gasteiger partial charge in [0.1, 0.15) is 11.6 Å². The maximum atomic E-state index is 13.0. The van der Waals surface area contributed by atoms with Crippen molar-refractivity contribution in [2.75, 3.05) is 33.3 Å². The van der Waals surface area contributed by atoms with Gasteiger partial charge >= 0.3 is 0 Å². The number of ether oxygens (including phenoxy) is 1. The first-order valence-electron chi connectivity index (χ1n) is 9.48. The van der Waals surface area contributed by atoms with Gasteiger partial charge in [0.15, 0.2) is 5.78 Å². The van der Waals surface area contributed by atoms with Gasteiger partial charge in [-0.05, 0) is 80.4 Å². The summed E-state index contributed by atoms with van der Waals surface area (Å²) >= 11 is 0. The summed E-state index contributed by atoms with van der Waals surface area (Å²) in [6, 6.07) is 12.7. The van der Waals surface area contributed by atoms with Crippen LogP contribution < -0.4 is 10.1 Å². The van der Waals surface area contributed by atoms with E-state index < -0.39 is 0 Å². The van der Waals surface area contributed by atoms with Gasteiger partial charge in [0.2, 0.25) is 0 Å². The molecule has 1 aliphatic heterocycles. The normalized spacial score (nSPS) is 15.2. The molecule has 1 aliphatic rings. The van der Waals surface area contributed by atoms with Crippen LogP contribution in [0.2, 0.25) is 0 Å². The number of methoxy groups -OCH3 is 1. The zero-order valence-electron chi connectivity index (χ0n) is 16.0. The number of hydrogen-bond acceptors (Lipinski definition) is 4. The van der Waals surface area contributed by atoms with Gasteiger partial charge in [-0.2, -0.15) is 0 Å². The fraction of sp³-hybridized carbons (Fsp3) is 0.364. The Bertz CT molecular complexity index is 798. The number of nitrogens with one attached hydrogen (secondary N) is 1. The van der Waals surface area contributed by atoms with E-state index in [0.29, 0.717) is 30.1 Å². The summed E-state index contributed by atoms with van der Waals surface area (Å²) in [4.78, 5) is 26.7. The van der Waals surface area contributed by atoms with Gasteiger partial charge in [-0.3, -0.25) is 14.5 Å². The molecule has 1 amide bonds. The molecule has 0 atom stereocenters. The zero-order valence-corrected chi connectivity index (χ0v) is 16.0. The van der Waals surface area contributed by atoms with Gasteiger partial charge in [-0.25, -0.2) is 4.39 Å². The molecular weight excluding hydrogens is 359 g/mol. The van der Waals surface area contributed by atoms with Crippen molar-refractivity contribution in [3.8, 4) is 5.75 Å². The molecule has 5 nitrogen and oxygen atoms in total. The molecule has 0 spiro atoms. The number of ketones is 1. The van der Waals surface area contributed by atoms with Gasteiger partial charge in [-0.15, -0.1) is 0 Å². The number of halogens is 1. The molecule has 148 valence electrons. The highest BCUT2D eigenvalue weighted by atomic mass is 19.1. The van der Waals surface area contributed by atoms with Crippen LogP contribution in [0.3, 0.4) is 0 Å². The summed E-state index contributed by atoms with van der Waals surface area (Å²) in [7, 11) is 1.59. The lowest BCUT2D eigenvalue weighted by molar-refractivity contribution is 0.0887. The number of amides is 1. The number of hydrogen-bond donors (Lipinski definition) is 1. The second-order valence-corrected chi connectivity index (χ2v) is 7.09. The van der Waals surface area contributed by atoms with Crippen LogP contribution in [0.15, 0.2) is 48.5 Å². The second kappa shape index (κ2) is 9.46. The van der Waals surface area contributed by atoms with E-state index in [2.05, 4.69) is 10.2 Å². The summed E-state index contributed by atoms with van der Waals surface area (Å²) in [5.74, 6) is 0.704. The van der Waals surface area contributed by atoms with Gasteiger partial charge in [0, 0.05) is 17.7 Å². The molecule has 1 N–H and O–H groups in total. The van der Waals surface area contributed by atoms with E-state index in [1.807, 2.05) is 0 Å². The Hall–Kier alpha value is -2.73. The molecular formula is C22H25FN2O3. The lowest BCUT2D eigenvalue weighted by Gasteiger charge is -2.31. The Morgan fingerprint density at radius 2 is 1.64 bits per heavy atom. The van der Waals surface area contributed by atoms with Crippen LogP contribution in [-0.2, 0) is 0 Å². The summed E-state index contributed by atoms with van der Waals surface area (Å²) in [5.41, 5.74) is 1.15. The fourth-order valence-corrected chi connectivity index (χ4v) is 3.36. The van der Waals surface area contributed by atoms with Crippen molar-refractivity contribution >= 4 is 11.7 Å². The summed E-state index contributed by atoms with van der Waals surface area (Å²) < 4.78 is 18.1. The highest BCUT2D eigenvalue weighted by molar-refractivity contribution is 5.97. The number of carbonyl (C=O) groups excluding carboxylic acids is 2. The SMILES string of the molecule is COc1ccc(C(=O)NCC2CCN(CC(=O)c3ccc(F)cc3)CC2)cc1. The Balaban J connectivity index is 1.40. The van der Waals surface area contributed by atoms with E-state index in [0.717, 1.165) is 31.7 Å². The van der Waals surface area contributed by atoms with Gasteiger partial charge < -0.3 is 10.1 Å². The molecule has 3 rings (SSSR count). The average Bonchev–Trinajstić information content (AvgIpc) is 2.73. The van der Waals surface area contributed by atoms with Crippen molar-refractivity contribution in [1.82, 2.24) is 10.2 Å². The zero-order chi connectivity index (χ0) is 19.9. The van der Waals surface area contributed by atoms with Crippen LogP contribution in [0.5, 0.6) is 5.75 Å². The van der Waals surface area contributed by atoms with E-state index in [4.69, 9.17) is 4.74 Å². The van der Waals surface area contributed by atoms with E-state index >= 15 is 0 Å². The highest BCUT2D eigenvalue weighted by Crippen LogP contribution is 2.17. The van der Waals surface area contributed by atoms with Crippen LogP contribution in [0.1, 0.15) is 33.6 Å². The summed E-state index contributed by atoms with van der Waals surface area (Å²) in [6.07, 6.45) is 1.86. The summed E-state index contributed by atoms with van der Waals surface area (Å²) in [5, 5.41) is 2.99. The molecule has 6 heteroatoms. The van der Waals surface area contributed by atoms with E-state index in [1.54, 1.807) is 31.4 Å². The molecule has 2 aromatic carbocycles. The predicted molar refractivity (Wildman–Crippen MR) is 105 cm³/mol. The minimum atomic E-state index is -0.339. The quantitative estimate of drug-likeness (QED) is 0.745. The summed E-state index contributed by atoms with van der Waals surface area (Å²) in [6.45, 7) is 2.60. The van der Waals surface area contributed by atoms with Gasteiger partial charge in [0.05, 0.1) is 13.7 Å². The minimum absolute atomic E-state index is 0.00579. The third kappa shape index (κ3) is 5.39. The second-order valence-electron chi connectivity index (χ2n) is 7.09.